The van der Waals surface area contributed by atoms with Crippen molar-refractivity contribution in [2.75, 3.05) is 44.9 Å². The van der Waals surface area contributed by atoms with E-state index in [0.717, 1.165) is 19.5 Å². The van der Waals surface area contributed by atoms with Gasteiger partial charge in [0, 0.05) is 31.3 Å². The lowest BCUT2D eigenvalue weighted by Crippen LogP contribution is -2.31. The van der Waals surface area contributed by atoms with E-state index in [4.69, 9.17) is 10.5 Å². The average molecular weight is 280 g/mol. The first kappa shape index (κ1) is 14.4. The van der Waals surface area contributed by atoms with E-state index in [1.165, 1.54) is 13.2 Å². The van der Waals surface area contributed by atoms with Gasteiger partial charge in [0.2, 0.25) is 0 Å². The van der Waals surface area contributed by atoms with Crippen molar-refractivity contribution in [1.29, 1.82) is 0 Å². The van der Waals surface area contributed by atoms with Crippen molar-refractivity contribution in [1.82, 2.24) is 4.90 Å². The molecular formula is C13H20N4O3. The van der Waals surface area contributed by atoms with Gasteiger partial charge in [-0.25, -0.2) is 0 Å². The van der Waals surface area contributed by atoms with Crippen LogP contribution in [-0.2, 0) is 0 Å². The number of nitrogens with two attached hydrogens (primary N) is 1. The molecule has 1 saturated heterocycles. The summed E-state index contributed by atoms with van der Waals surface area (Å²) in [5.41, 5.74) is 6.64. The minimum absolute atomic E-state index is 0.0303. The van der Waals surface area contributed by atoms with Gasteiger partial charge in [0.05, 0.1) is 17.7 Å². The number of benzene rings is 1. The number of likely N-dealkylation sites (N-methyl/N-ethyl adjacent to an activating group) is 1. The van der Waals surface area contributed by atoms with Crippen molar-refractivity contribution in [2.45, 2.75) is 12.5 Å². The molecule has 0 spiro atoms. The zero-order valence-corrected chi connectivity index (χ0v) is 12.0. The lowest BCUT2D eigenvalue weighted by atomic mass is 10.2. The summed E-state index contributed by atoms with van der Waals surface area (Å²) < 4.78 is 5.17. The van der Waals surface area contributed by atoms with Gasteiger partial charge in [-0.2, -0.15) is 0 Å². The molecule has 0 saturated carbocycles. The van der Waals surface area contributed by atoms with Crippen molar-refractivity contribution in [3.8, 4) is 5.75 Å². The average Bonchev–Trinajstić information content (AvgIpc) is 2.87. The zero-order valence-electron chi connectivity index (χ0n) is 12.0. The zero-order chi connectivity index (χ0) is 14.9. The summed E-state index contributed by atoms with van der Waals surface area (Å²) in [6, 6.07) is 3.43. The predicted octanol–water partition coefficient (Wildman–Crippen LogP) is 1.33. The Balaban J connectivity index is 2.37. The van der Waals surface area contributed by atoms with Gasteiger partial charge in [0.1, 0.15) is 11.4 Å². The summed E-state index contributed by atoms with van der Waals surface area (Å²) in [4.78, 5) is 15.0. The topological polar surface area (TPSA) is 84.9 Å². The van der Waals surface area contributed by atoms with Crippen LogP contribution in [-0.4, -0.2) is 50.2 Å². The number of nitro benzene ring substituents is 1. The smallest absolute Gasteiger partial charge is 0.294 e. The van der Waals surface area contributed by atoms with Crippen LogP contribution in [0.1, 0.15) is 6.42 Å². The Hall–Kier alpha value is -2.02. The number of ether oxygens (including phenoxy) is 1. The lowest BCUT2D eigenvalue weighted by molar-refractivity contribution is -0.384. The predicted molar refractivity (Wildman–Crippen MR) is 78.4 cm³/mol. The fourth-order valence-corrected chi connectivity index (χ4v) is 2.53. The molecule has 2 N–H and O–H groups in total. The van der Waals surface area contributed by atoms with Gasteiger partial charge in [-0.3, -0.25) is 10.1 Å². The number of nitro groups is 1. The maximum absolute atomic E-state index is 11.2. The van der Waals surface area contributed by atoms with Crippen molar-refractivity contribution in [2.24, 2.45) is 0 Å². The molecule has 1 unspecified atom stereocenters. The molecule has 1 fully saturated rings. The van der Waals surface area contributed by atoms with Crippen molar-refractivity contribution >= 4 is 17.1 Å². The van der Waals surface area contributed by atoms with Gasteiger partial charge in [-0.1, -0.05) is 0 Å². The molecule has 1 aromatic carbocycles. The first-order valence-corrected chi connectivity index (χ1v) is 6.47. The normalized spacial score (nSPS) is 18.6. The van der Waals surface area contributed by atoms with Crippen LogP contribution in [0.4, 0.5) is 17.1 Å². The third-order valence-electron chi connectivity index (χ3n) is 3.76. The van der Waals surface area contributed by atoms with Crippen LogP contribution in [0, 0.1) is 10.1 Å². The Morgan fingerprint density at radius 3 is 2.70 bits per heavy atom. The van der Waals surface area contributed by atoms with Crippen molar-refractivity contribution in [3.05, 3.63) is 22.2 Å². The standard InChI is InChI=1S/C13H20N4O3/c1-15(2)9-4-5-16(8-9)11-7-13(20-3)10(14)6-12(11)17(18)19/h6-7,9H,4-5,8,14H2,1-3H3. The Bertz CT molecular complexity index is 519. The van der Waals surface area contributed by atoms with Gasteiger partial charge >= 0.3 is 0 Å². The van der Waals surface area contributed by atoms with Gasteiger partial charge in [0.15, 0.2) is 0 Å². The molecule has 1 aliphatic heterocycles. The number of nitrogens with zero attached hydrogens (tertiary/aromatic N) is 3. The maximum atomic E-state index is 11.2. The lowest BCUT2D eigenvalue weighted by Gasteiger charge is -2.22. The second-order valence-electron chi connectivity index (χ2n) is 5.19. The first-order valence-electron chi connectivity index (χ1n) is 6.47. The van der Waals surface area contributed by atoms with E-state index in [9.17, 15) is 10.1 Å². The maximum Gasteiger partial charge on any atom is 0.294 e. The van der Waals surface area contributed by atoms with Crippen molar-refractivity contribution in [3.63, 3.8) is 0 Å². The molecule has 0 radical (unpaired) electrons. The fourth-order valence-electron chi connectivity index (χ4n) is 2.53. The van der Waals surface area contributed by atoms with Crippen LogP contribution < -0.4 is 15.4 Å². The molecule has 2 rings (SSSR count). The highest BCUT2D eigenvalue weighted by atomic mass is 16.6. The van der Waals surface area contributed by atoms with Crippen LogP contribution >= 0.6 is 0 Å². The summed E-state index contributed by atoms with van der Waals surface area (Å²) >= 11 is 0. The Labute approximate surface area is 118 Å². The van der Waals surface area contributed by atoms with Gasteiger partial charge in [0.25, 0.3) is 5.69 Å². The number of hydrogen-bond acceptors (Lipinski definition) is 6. The molecule has 1 atom stereocenters. The summed E-state index contributed by atoms with van der Waals surface area (Å²) in [5.74, 6) is 0.471. The van der Waals surface area contributed by atoms with Crippen molar-refractivity contribution < 1.29 is 9.66 Å². The largest absolute Gasteiger partial charge is 0.495 e. The van der Waals surface area contributed by atoms with Gasteiger partial charge in [-0.15, -0.1) is 0 Å². The minimum atomic E-state index is -0.395. The van der Waals surface area contributed by atoms with E-state index < -0.39 is 4.92 Å². The summed E-state index contributed by atoms with van der Waals surface area (Å²) in [7, 11) is 5.55. The van der Waals surface area contributed by atoms with Gasteiger partial charge < -0.3 is 20.3 Å². The van der Waals surface area contributed by atoms with Crippen LogP contribution in [0.25, 0.3) is 0 Å². The van der Waals surface area contributed by atoms with Crippen LogP contribution in [0.3, 0.4) is 0 Å². The quantitative estimate of drug-likeness (QED) is 0.509. The molecule has 0 aromatic heterocycles. The molecule has 0 aliphatic carbocycles. The first-order chi connectivity index (χ1) is 9.43. The molecule has 110 valence electrons. The van der Waals surface area contributed by atoms with E-state index in [0.29, 0.717) is 17.5 Å². The third-order valence-corrected chi connectivity index (χ3v) is 3.76. The van der Waals surface area contributed by atoms with Crippen LogP contribution in [0.15, 0.2) is 12.1 Å². The number of hydrogen-bond donors (Lipinski definition) is 1. The van der Waals surface area contributed by atoms with Crippen LogP contribution in [0.2, 0.25) is 0 Å². The highest BCUT2D eigenvalue weighted by Crippen LogP contribution is 2.38. The van der Waals surface area contributed by atoms with E-state index >= 15 is 0 Å². The third kappa shape index (κ3) is 2.62. The van der Waals surface area contributed by atoms with Gasteiger partial charge in [-0.05, 0) is 20.5 Å². The minimum Gasteiger partial charge on any atom is -0.495 e. The summed E-state index contributed by atoms with van der Waals surface area (Å²) in [6.45, 7) is 1.55. The Morgan fingerprint density at radius 1 is 1.50 bits per heavy atom. The summed E-state index contributed by atoms with van der Waals surface area (Å²) in [6.07, 6.45) is 0.983. The number of methoxy groups -OCH3 is 1. The molecular weight excluding hydrogens is 260 g/mol. The second kappa shape index (κ2) is 5.54. The number of rotatable bonds is 4. The summed E-state index contributed by atoms with van der Waals surface area (Å²) in [5, 5.41) is 11.2. The number of nitrogen functional groups attached to an aromatic ring is 1. The molecule has 0 amide bonds. The molecule has 0 bridgehead atoms. The fraction of sp³-hybridized carbons (Fsp3) is 0.538. The number of anilines is 2. The van der Waals surface area contributed by atoms with E-state index in [-0.39, 0.29) is 11.4 Å². The Morgan fingerprint density at radius 2 is 2.20 bits per heavy atom. The highest BCUT2D eigenvalue weighted by molar-refractivity contribution is 5.73. The van der Waals surface area contributed by atoms with Crippen LogP contribution in [0.5, 0.6) is 5.75 Å². The van der Waals surface area contributed by atoms with E-state index in [1.807, 2.05) is 19.0 Å². The SMILES string of the molecule is COc1cc(N2CCC(N(C)C)C2)c([N+](=O)[O-])cc1N. The monoisotopic (exact) mass is 280 g/mol. The highest BCUT2D eigenvalue weighted by Gasteiger charge is 2.29. The molecule has 20 heavy (non-hydrogen) atoms. The molecule has 7 heteroatoms. The molecule has 1 aromatic rings. The van der Waals surface area contributed by atoms with E-state index in [1.54, 1.807) is 6.07 Å². The second-order valence-corrected chi connectivity index (χ2v) is 5.19. The molecule has 1 aliphatic rings. The molecule has 7 nitrogen and oxygen atoms in total. The van der Waals surface area contributed by atoms with E-state index in [2.05, 4.69) is 4.90 Å². The molecule has 1 heterocycles. The Kier molecular flexibility index (Phi) is 3.99.